The lowest BCUT2D eigenvalue weighted by Gasteiger charge is -2.33. The number of carbonyl (C=O) groups excluding carboxylic acids is 1. The molecule has 26 heavy (non-hydrogen) atoms. The van der Waals surface area contributed by atoms with Crippen LogP contribution < -0.4 is 16.6 Å². The van der Waals surface area contributed by atoms with Crippen molar-refractivity contribution in [1.82, 2.24) is 25.2 Å². The second-order valence-electron chi connectivity index (χ2n) is 6.00. The number of ether oxygens (including phenoxy) is 1. The Hall–Kier alpha value is -2.78. The Balaban J connectivity index is 1.66. The Morgan fingerprint density at radius 2 is 2.23 bits per heavy atom. The summed E-state index contributed by atoms with van der Waals surface area (Å²) in [7, 11) is 0. The van der Waals surface area contributed by atoms with E-state index in [0.29, 0.717) is 45.1 Å². The average molecular weight is 358 g/mol. The molecular formula is C17H22N6O3. The summed E-state index contributed by atoms with van der Waals surface area (Å²) in [6.45, 7) is 2.89. The Labute approximate surface area is 150 Å². The summed E-state index contributed by atoms with van der Waals surface area (Å²) in [4.78, 5) is 37.1. The standard InChI is InChI=1S/C17H22N6O3/c18-13-10-15(24)22-14(21-13)3-5-20-17(25)16(12-2-1-4-19-11-12)23-6-8-26-9-7-23/h1-2,4,10-11,16H,3,5-9H2,(H,20,25)(H3,18,21,22,24)/t16-/m0/s1. The molecule has 1 amide bonds. The van der Waals surface area contributed by atoms with Gasteiger partial charge in [0.25, 0.3) is 5.56 Å². The van der Waals surface area contributed by atoms with E-state index < -0.39 is 6.04 Å². The largest absolute Gasteiger partial charge is 0.383 e. The SMILES string of the molecule is Nc1cc(=O)[nH]c(CCNC(=O)[C@H](c2cccnc2)N2CCOCC2)n1. The number of nitrogen functional groups attached to an aromatic ring is 1. The van der Waals surface area contributed by atoms with Crippen molar-refractivity contribution in [3.8, 4) is 0 Å². The summed E-state index contributed by atoms with van der Waals surface area (Å²) in [5.41, 5.74) is 6.10. The van der Waals surface area contributed by atoms with Crippen LogP contribution in [0.3, 0.4) is 0 Å². The zero-order valence-corrected chi connectivity index (χ0v) is 14.4. The number of pyridine rings is 1. The molecule has 1 atom stereocenters. The van der Waals surface area contributed by atoms with Crippen molar-refractivity contribution in [1.29, 1.82) is 0 Å². The Morgan fingerprint density at radius 3 is 2.92 bits per heavy atom. The van der Waals surface area contributed by atoms with Gasteiger partial charge < -0.3 is 20.8 Å². The molecule has 2 aromatic rings. The molecule has 0 aromatic carbocycles. The third-order valence-corrected chi connectivity index (χ3v) is 4.13. The molecule has 0 unspecified atom stereocenters. The fourth-order valence-electron chi connectivity index (χ4n) is 2.95. The van der Waals surface area contributed by atoms with Gasteiger partial charge in [-0.15, -0.1) is 0 Å². The highest BCUT2D eigenvalue weighted by atomic mass is 16.5. The number of carbonyl (C=O) groups is 1. The van der Waals surface area contributed by atoms with E-state index in [1.165, 1.54) is 6.07 Å². The molecule has 3 rings (SSSR count). The number of aromatic amines is 1. The number of nitrogens with two attached hydrogens (primary N) is 1. The monoisotopic (exact) mass is 358 g/mol. The van der Waals surface area contributed by atoms with Gasteiger partial charge in [0.2, 0.25) is 5.91 Å². The van der Waals surface area contributed by atoms with E-state index >= 15 is 0 Å². The molecule has 1 fully saturated rings. The van der Waals surface area contributed by atoms with E-state index in [4.69, 9.17) is 10.5 Å². The van der Waals surface area contributed by atoms with Gasteiger partial charge in [-0.2, -0.15) is 0 Å². The second kappa shape index (κ2) is 8.54. The van der Waals surface area contributed by atoms with Gasteiger partial charge in [-0.1, -0.05) is 6.07 Å². The van der Waals surface area contributed by atoms with Gasteiger partial charge in [-0.05, 0) is 11.6 Å². The van der Waals surface area contributed by atoms with Crippen LogP contribution in [0.25, 0.3) is 0 Å². The maximum absolute atomic E-state index is 12.8. The summed E-state index contributed by atoms with van der Waals surface area (Å²) in [5.74, 6) is 0.488. The van der Waals surface area contributed by atoms with E-state index in [9.17, 15) is 9.59 Å². The highest BCUT2D eigenvalue weighted by Crippen LogP contribution is 2.21. The van der Waals surface area contributed by atoms with Crippen LogP contribution >= 0.6 is 0 Å². The summed E-state index contributed by atoms with van der Waals surface area (Å²) in [6.07, 6.45) is 3.77. The maximum Gasteiger partial charge on any atom is 0.252 e. The predicted molar refractivity (Wildman–Crippen MR) is 95.4 cm³/mol. The molecule has 0 aliphatic carbocycles. The smallest absolute Gasteiger partial charge is 0.252 e. The first-order chi connectivity index (χ1) is 12.6. The van der Waals surface area contributed by atoms with Crippen LogP contribution in [-0.4, -0.2) is 58.6 Å². The van der Waals surface area contributed by atoms with Crippen molar-refractivity contribution < 1.29 is 9.53 Å². The van der Waals surface area contributed by atoms with Crippen molar-refractivity contribution in [2.75, 3.05) is 38.6 Å². The number of aromatic nitrogens is 3. The Bertz CT molecular complexity index is 789. The summed E-state index contributed by atoms with van der Waals surface area (Å²) < 4.78 is 5.38. The first-order valence-electron chi connectivity index (χ1n) is 8.48. The molecule has 1 aliphatic rings. The number of morpholine rings is 1. The number of anilines is 1. The molecule has 9 heteroatoms. The number of nitrogens with zero attached hydrogens (tertiary/aromatic N) is 3. The van der Waals surface area contributed by atoms with Crippen LogP contribution in [0.5, 0.6) is 0 Å². The predicted octanol–water partition coefficient (Wildman–Crippen LogP) is -0.521. The molecule has 1 aliphatic heterocycles. The van der Waals surface area contributed by atoms with Crippen LogP contribution in [0, 0.1) is 0 Å². The van der Waals surface area contributed by atoms with Crippen LogP contribution in [0.1, 0.15) is 17.4 Å². The van der Waals surface area contributed by atoms with Gasteiger partial charge in [0, 0.05) is 44.5 Å². The molecule has 0 radical (unpaired) electrons. The first-order valence-corrected chi connectivity index (χ1v) is 8.48. The maximum atomic E-state index is 12.8. The summed E-state index contributed by atoms with van der Waals surface area (Å²) >= 11 is 0. The fourth-order valence-corrected chi connectivity index (χ4v) is 2.95. The van der Waals surface area contributed by atoms with Gasteiger partial charge in [0.05, 0.1) is 13.2 Å². The van der Waals surface area contributed by atoms with E-state index in [2.05, 4.69) is 25.2 Å². The molecule has 1 saturated heterocycles. The number of H-pyrrole nitrogens is 1. The van der Waals surface area contributed by atoms with E-state index in [-0.39, 0.29) is 17.3 Å². The van der Waals surface area contributed by atoms with Crippen LogP contribution in [0.15, 0.2) is 35.4 Å². The van der Waals surface area contributed by atoms with Gasteiger partial charge in [0.15, 0.2) is 0 Å². The topological polar surface area (TPSA) is 126 Å². The number of amides is 1. The van der Waals surface area contributed by atoms with E-state index in [1.807, 2.05) is 12.1 Å². The Kier molecular flexibility index (Phi) is 5.92. The molecule has 0 bridgehead atoms. The number of nitrogens with one attached hydrogen (secondary N) is 2. The molecule has 2 aromatic heterocycles. The minimum atomic E-state index is -0.430. The quantitative estimate of drug-likeness (QED) is 0.634. The lowest BCUT2D eigenvalue weighted by Crippen LogP contribution is -2.46. The number of hydrogen-bond donors (Lipinski definition) is 3. The molecule has 3 heterocycles. The van der Waals surface area contributed by atoms with Crippen molar-refractivity contribution >= 4 is 11.7 Å². The van der Waals surface area contributed by atoms with Gasteiger partial charge in [-0.25, -0.2) is 4.98 Å². The third-order valence-electron chi connectivity index (χ3n) is 4.13. The minimum absolute atomic E-state index is 0.119. The summed E-state index contributed by atoms with van der Waals surface area (Å²) in [6, 6.07) is 4.50. The minimum Gasteiger partial charge on any atom is -0.383 e. The molecular weight excluding hydrogens is 336 g/mol. The van der Waals surface area contributed by atoms with E-state index in [0.717, 1.165) is 5.56 Å². The molecule has 9 nitrogen and oxygen atoms in total. The van der Waals surface area contributed by atoms with Crippen molar-refractivity contribution in [2.24, 2.45) is 0 Å². The lowest BCUT2D eigenvalue weighted by molar-refractivity contribution is -0.128. The van der Waals surface area contributed by atoms with Crippen molar-refractivity contribution in [2.45, 2.75) is 12.5 Å². The Morgan fingerprint density at radius 1 is 1.42 bits per heavy atom. The number of hydrogen-bond acceptors (Lipinski definition) is 7. The third kappa shape index (κ3) is 4.64. The fraction of sp³-hybridized carbons (Fsp3) is 0.412. The van der Waals surface area contributed by atoms with Crippen LogP contribution in [0.4, 0.5) is 5.82 Å². The van der Waals surface area contributed by atoms with Crippen molar-refractivity contribution in [3.63, 3.8) is 0 Å². The average Bonchev–Trinajstić information content (AvgIpc) is 2.63. The molecule has 138 valence electrons. The molecule has 4 N–H and O–H groups in total. The van der Waals surface area contributed by atoms with Crippen molar-refractivity contribution in [3.05, 3.63) is 52.3 Å². The van der Waals surface area contributed by atoms with Gasteiger partial charge in [-0.3, -0.25) is 19.5 Å². The molecule has 0 spiro atoms. The highest BCUT2D eigenvalue weighted by Gasteiger charge is 2.29. The number of rotatable bonds is 6. The first kappa shape index (κ1) is 18.0. The highest BCUT2D eigenvalue weighted by molar-refractivity contribution is 5.83. The second-order valence-corrected chi connectivity index (χ2v) is 6.00. The van der Waals surface area contributed by atoms with E-state index in [1.54, 1.807) is 12.4 Å². The van der Waals surface area contributed by atoms with Gasteiger partial charge >= 0.3 is 0 Å². The molecule has 0 saturated carbocycles. The zero-order valence-electron chi connectivity index (χ0n) is 14.4. The summed E-state index contributed by atoms with van der Waals surface area (Å²) in [5, 5.41) is 2.91. The lowest BCUT2D eigenvalue weighted by atomic mass is 10.1. The normalized spacial score (nSPS) is 16.2. The zero-order chi connectivity index (χ0) is 18.4. The van der Waals surface area contributed by atoms with Crippen LogP contribution in [0.2, 0.25) is 0 Å². The van der Waals surface area contributed by atoms with Crippen LogP contribution in [-0.2, 0) is 16.0 Å². The van der Waals surface area contributed by atoms with Gasteiger partial charge in [0.1, 0.15) is 17.7 Å².